The summed E-state index contributed by atoms with van der Waals surface area (Å²) in [6.07, 6.45) is 0.920. The van der Waals surface area contributed by atoms with E-state index < -0.39 is 5.97 Å². The molecule has 2 rings (SSSR count). The van der Waals surface area contributed by atoms with E-state index >= 15 is 0 Å². The van der Waals surface area contributed by atoms with E-state index in [9.17, 15) is 4.79 Å². The molecule has 0 bridgehead atoms. The Bertz CT molecular complexity index is 424. The van der Waals surface area contributed by atoms with Crippen molar-refractivity contribution >= 4 is 5.97 Å². The molecule has 1 aromatic rings. The molecule has 0 saturated carbocycles. The molecule has 0 saturated heterocycles. The summed E-state index contributed by atoms with van der Waals surface area (Å²) in [5.41, 5.74) is 8.61. The van der Waals surface area contributed by atoms with Crippen LogP contribution in [0.25, 0.3) is 0 Å². The highest BCUT2D eigenvalue weighted by Gasteiger charge is 2.36. The highest BCUT2D eigenvalue weighted by Crippen LogP contribution is 2.43. The van der Waals surface area contributed by atoms with E-state index in [-0.39, 0.29) is 11.5 Å². The van der Waals surface area contributed by atoms with Gasteiger partial charge in [0.05, 0.1) is 5.56 Å². The second-order valence-corrected chi connectivity index (χ2v) is 4.86. The quantitative estimate of drug-likeness (QED) is 0.736. The second kappa shape index (κ2) is 3.07. The van der Waals surface area contributed by atoms with Gasteiger partial charge in [-0.3, -0.25) is 0 Å². The lowest BCUT2D eigenvalue weighted by atomic mass is 9.86. The molecule has 1 aliphatic rings. The van der Waals surface area contributed by atoms with Crippen LogP contribution in [0.4, 0.5) is 0 Å². The predicted molar refractivity (Wildman–Crippen MR) is 57.8 cm³/mol. The molecule has 3 heteroatoms. The number of aromatic carboxylic acids is 1. The Morgan fingerprint density at radius 2 is 2.20 bits per heavy atom. The molecular formula is C12H15NO2. The van der Waals surface area contributed by atoms with Gasteiger partial charge in [0.25, 0.3) is 0 Å². The van der Waals surface area contributed by atoms with E-state index in [2.05, 4.69) is 13.8 Å². The molecule has 80 valence electrons. The minimum Gasteiger partial charge on any atom is -0.478 e. The SMILES string of the molecule is CC1(C)Cc2ccc(C(=O)O)cc2C1N. The molecule has 3 N–H and O–H groups in total. The number of carboxylic acid groups (broad SMARTS) is 1. The fraction of sp³-hybridized carbons (Fsp3) is 0.417. The van der Waals surface area contributed by atoms with Gasteiger partial charge in [0.2, 0.25) is 0 Å². The van der Waals surface area contributed by atoms with Gasteiger partial charge in [0, 0.05) is 6.04 Å². The summed E-state index contributed by atoms with van der Waals surface area (Å²) in [5, 5.41) is 8.89. The Hall–Kier alpha value is -1.35. The van der Waals surface area contributed by atoms with Crippen LogP contribution in [0.15, 0.2) is 18.2 Å². The minimum absolute atomic E-state index is 0.0272. The highest BCUT2D eigenvalue weighted by molar-refractivity contribution is 5.88. The molecule has 1 unspecified atom stereocenters. The third-order valence-corrected chi connectivity index (χ3v) is 3.22. The first kappa shape index (κ1) is 10.2. The summed E-state index contributed by atoms with van der Waals surface area (Å²) >= 11 is 0. The molecule has 0 heterocycles. The average molecular weight is 205 g/mol. The summed E-state index contributed by atoms with van der Waals surface area (Å²) in [6, 6.07) is 5.17. The molecule has 3 nitrogen and oxygen atoms in total. The van der Waals surface area contributed by atoms with E-state index in [1.807, 2.05) is 6.07 Å². The maximum Gasteiger partial charge on any atom is 0.335 e. The van der Waals surface area contributed by atoms with Crippen molar-refractivity contribution < 1.29 is 9.90 Å². The van der Waals surface area contributed by atoms with Crippen molar-refractivity contribution in [2.45, 2.75) is 26.3 Å². The van der Waals surface area contributed by atoms with Crippen LogP contribution in [0.1, 0.15) is 41.4 Å². The van der Waals surface area contributed by atoms with Crippen molar-refractivity contribution in [3.8, 4) is 0 Å². The first-order valence-electron chi connectivity index (χ1n) is 5.03. The van der Waals surface area contributed by atoms with Crippen molar-refractivity contribution in [3.05, 3.63) is 34.9 Å². The van der Waals surface area contributed by atoms with Gasteiger partial charge in [-0.15, -0.1) is 0 Å². The zero-order valence-electron chi connectivity index (χ0n) is 8.95. The van der Waals surface area contributed by atoms with Crippen molar-refractivity contribution in [1.82, 2.24) is 0 Å². The van der Waals surface area contributed by atoms with Gasteiger partial charge in [0.1, 0.15) is 0 Å². The molecule has 0 aliphatic heterocycles. The van der Waals surface area contributed by atoms with Crippen LogP contribution < -0.4 is 5.73 Å². The number of fused-ring (bicyclic) bond motifs is 1. The zero-order chi connectivity index (χ0) is 11.2. The van der Waals surface area contributed by atoms with Crippen molar-refractivity contribution in [3.63, 3.8) is 0 Å². The van der Waals surface area contributed by atoms with Crippen LogP contribution in [-0.2, 0) is 6.42 Å². The summed E-state index contributed by atoms with van der Waals surface area (Å²) in [5.74, 6) is -0.894. The number of hydrogen-bond acceptors (Lipinski definition) is 2. The number of hydrogen-bond donors (Lipinski definition) is 2. The van der Waals surface area contributed by atoms with Crippen LogP contribution in [0.2, 0.25) is 0 Å². The van der Waals surface area contributed by atoms with Crippen LogP contribution in [0.3, 0.4) is 0 Å². The highest BCUT2D eigenvalue weighted by atomic mass is 16.4. The van der Waals surface area contributed by atoms with E-state index in [4.69, 9.17) is 10.8 Å². The molecule has 0 radical (unpaired) electrons. The fourth-order valence-electron chi connectivity index (χ4n) is 2.20. The maximum atomic E-state index is 10.8. The van der Waals surface area contributed by atoms with Crippen LogP contribution in [0, 0.1) is 5.41 Å². The first-order valence-corrected chi connectivity index (χ1v) is 5.03. The lowest BCUT2D eigenvalue weighted by Crippen LogP contribution is -2.24. The van der Waals surface area contributed by atoms with Gasteiger partial charge in [-0.05, 0) is 35.1 Å². The van der Waals surface area contributed by atoms with Gasteiger partial charge >= 0.3 is 5.97 Å². The lowest BCUT2D eigenvalue weighted by molar-refractivity contribution is 0.0696. The smallest absolute Gasteiger partial charge is 0.335 e. The summed E-state index contributed by atoms with van der Waals surface area (Å²) in [7, 11) is 0. The number of carboxylic acids is 1. The maximum absolute atomic E-state index is 10.8. The second-order valence-electron chi connectivity index (χ2n) is 4.86. The van der Waals surface area contributed by atoms with Crippen molar-refractivity contribution in [2.75, 3.05) is 0 Å². The normalized spacial score (nSPS) is 22.5. The Labute approximate surface area is 88.9 Å². The average Bonchev–Trinajstić information content (AvgIpc) is 2.37. The third kappa shape index (κ3) is 1.53. The molecule has 0 amide bonds. The Balaban J connectivity index is 2.49. The number of rotatable bonds is 1. The van der Waals surface area contributed by atoms with Gasteiger partial charge in [-0.25, -0.2) is 4.79 Å². The van der Waals surface area contributed by atoms with Crippen molar-refractivity contribution in [1.29, 1.82) is 0 Å². The number of benzene rings is 1. The van der Waals surface area contributed by atoms with E-state index in [1.54, 1.807) is 12.1 Å². The summed E-state index contributed by atoms with van der Waals surface area (Å²) in [4.78, 5) is 10.8. The molecule has 0 spiro atoms. The van der Waals surface area contributed by atoms with Crippen LogP contribution in [-0.4, -0.2) is 11.1 Å². The Morgan fingerprint density at radius 3 is 2.80 bits per heavy atom. The Morgan fingerprint density at radius 1 is 1.53 bits per heavy atom. The molecule has 1 atom stereocenters. The number of carbonyl (C=O) groups is 1. The fourth-order valence-corrected chi connectivity index (χ4v) is 2.20. The lowest BCUT2D eigenvalue weighted by Gasteiger charge is -2.23. The van der Waals surface area contributed by atoms with E-state index in [0.717, 1.165) is 12.0 Å². The zero-order valence-corrected chi connectivity index (χ0v) is 8.95. The summed E-state index contributed by atoms with van der Waals surface area (Å²) < 4.78 is 0. The molecule has 0 fully saturated rings. The Kier molecular flexibility index (Phi) is 2.08. The molecule has 1 aromatic carbocycles. The minimum atomic E-state index is -0.894. The van der Waals surface area contributed by atoms with E-state index in [1.165, 1.54) is 5.56 Å². The van der Waals surface area contributed by atoms with Gasteiger partial charge in [-0.1, -0.05) is 19.9 Å². The number of nitrogens with two attached hydrogens (primary N) is 1. The molecule has 1 aliphatic carbocycles. The summed E-state index contributed by atoms with van der Waals surface area (Å²) in [6.45, 7) is 4.22. The van der Waals surface area contributed by atoms with Gasteiger partial charge in [-0.2, -0.15) is 0 Å². The first-order chi connectivity index (χ1) is 6.92. The van der Waals surface area contributed by atoms with Crippen molar-refractivity contribution in [2.24, 2.45) is 11.1 Å². The molecular weight excluding hydrogens is 190 g/mol. The van der Waals surface area contributed by atoms with Crippen LogP contribution >= 0.6 is 0 Å². The largest absolute Gasteiger partial charge is 0.478 e. The molecule has 15 heavy (non-hydrogen) atoms. The monoisotopic (exact) mass is 205 g/mol. The van der Waals surface area contributed by atoms with Gasteiger partial charge in [0.15, 0.2) is 0 Å². The molecule has 0 aromatic heterocycles. The van der Waals surface area contributed by atoms with E-state index in [0.29, 0.717) is 5.56 Å². The third-order valence-electron chi connectivity index (χ3n) is 3.22. The van der Waals surface area contributed by atoms with Gasteiger partial charge < -0.3 is 10.8 Å². The standard InChI is InChI=1S/C12H15NO2/c1-12(2)6-8-4-3-7(11(14)15)5-9(8)10(12)13/h3-5,10H,6,13H2,1-2H3,(H,14,15). The predicted octanol–water partition coefficient (Wildman–Crippen LogP) is 1.97. The topological polar surface area (TPSA) is 63.3 Å². The van der Waals surface area contributed by atoms with Crippen LogP contribution in [0.5, 0.6) is 0 Å².